The Kier molecular flexibility index (Phi) is 6.57. The van der Waals surface area contributed by atoms with Crippen molar-refractivity contribution >= 4 is 18.3 Å². The molecule has 1 amide bonds. The van der Waals surface area contributed by atoms with E-state index in [9.17, 15) is 9.18 Å². The summed E-state index contributed by atoms with van der Waals surface area (Å²) >= 11 is 0. The van der Waals surface area contributed by atoms with Gasteiger partial charge in [0, 0.05) is 19.6 Å². The highest BCUT2D eigenvalue weighted by molar-refractivity contribution is 5.97. The summed E-state index contributed by atoms with van der Waals surface area (Å²) in [5, 5.41) is 3.46. The van der Waals surface area contributed by atoms with E-state index >= 15 is 0 Å². The van der Waals surface area contributed by atoms with E-state index in [-0.39, 0.29) is 24.1 Å². The third-order valence-corrected chi connectivity index (χ3v) is 5.87. The van der Waals surface area contributed by atoms with Crippen LogP contribution >= 0.6 is 12.4 Å². The van der Waals surface area contributed by atoms with Crippen molar-refractivity contribution in [3.8, 4) is 5.75 Å². The number of hydrogen-bond donors (Lipinski definition) is 1. The lowest BCUT2D eigenvalue weighted by Gasteiger charge is -2.39. The number of nitrogens with one attached hydrogen (secondary N) is 1. The first kappa shape index (κ1) is 20.6. The smallest absolute Gasteiger partial charge is 0.257 e. The van der Waals surface area contributed by atoms with Gasteiger partial charge in [-0.05, 0) is 61.1 Å². The number of benzene rings is 2. The lowest BCUT2D eigenvalue weighted by atomic mass is 9.78. The molecule has 0 radical (unpaired) electrons. The van der Waals surface area contributed by atoms with E-state index in [1.54, 1.807) is 12.1 Å². The molecule has 0 aliphatic carbocycles. The fraction of sp³-hybridized carbons (Fsp3) is 0.409. The fourth-order valence-electron chi connectivity index (χ4n) is 4.09. The Morgan fingerprint density at radius 1 is 1.07 bits per heavy atom. The van der Waals surface area contributed by atoms with Crippen LogP contribution < -0.4 is 10.1 Å². The molecule has 150 valence electrons. The van der Waals surface area contributed by atoms with Crippen LogP contribution in [0, 0.1) is 11.2 Å². The molecule has 0 bridgehead atoms. The molecule has 2 saturated heterocycles. The van der Waals surface area contributed by atoms with E-state index in [4.69, 9.17) is 4.74 Å². The van der Waals surface area contributed by atoms with Crippen LogP contribution in [0.5, 0.6) is 5.75 Å². The Morgan fingerprint density at radius 2 is 1.79 bits per heavy atom. The Labute approximate surface area is 171 Å². The van der Waals surface area contributed by atoms with Gasteiger partial charge in [0.15, 0.2) is 0 Å². The Bertz CT molecular complexity index is 796. The summed E-state index contributed by atoms with van der Waals surface area (Å²) < 4.78 is 18.9. The monoisotopic (exact) mass is 404 g/mol. The van der Waals surface area contributed by atoms with Crippen LogP contribution in [-0.4, -0.2) is 37.0 Å². The van der Waals surface area contributed by atoms with Crippen LogP contribution in [0.1, 0.15) is 35.2 Å². The molecule has 2 aromatic rings. The van der Waals surface area contributed by atoms with Crippen molar-refractivity contribution in [1.82, 2.24) is 10.2 Å². The van der Waals surface area contributed by atoms with Crippen LogP contribution in [0.2, 0.25) is 0 Å². The Balaban J connectivity index is 0.00000225. The zero-order chi connectivity index (χ0) is 18.7. The summed E-state index contributed by atoms with van der Waals surface area (Å²) in [6.45, 7) is 4.07. The van der Waals surface area contributed by atoms with Crippen LogP contribution in [0.3, 0.4) is 0 Å². The van der Waals surface area contributed by atoms with E-state index in [1.165, 1.54) is 18.6 Å². The maximum Gasteiger partial charge on any atom is 0.257 e. The number of amides is 1. The number of ether oxygens (including phenoxy) is 1. The molecule has 2 aliphatic rings. The van der Waals surface area contributed by atoms with E-state index < -0.39 is 0 Å². The average molecular weight is 405 g/mol. The molecule has 4 nitrogen and oxygen atoms in total. The zero-order valence-corrected chi connectivity index (χ0v) is 16.6. The highest BCUT2D eigenvalue weighted by Crippen LogP contribution is 2.37. The Hall–Kier alpha value is -2.11. The van der Waals surface area contributed by atoms with E-state index in [2.05, 4.69) is 5.32 Å². The van der Waals surface area contributed by atoms with Gasteiger partial charge in [-0.3, -0.25) is 4.79 Å². The van der Waals surface area contributed by atoms with Gasteiger partial charge in [0.1, 0.15) is 18.2 Å². The van der Waals surface area contributed by atoms with E-state index in [0.717, 1.165) is 44.6 Å². The van der Waals surface area contributed by atoms with Gasteiger partial charge in [-0.2, -0.15) is 0 Å². The molecule has 0 saturated carbocycles. The van der Waals surface area contributed by atoms with Crippen molar-refractivity contribution in [2.24, 2.45) is 5.41 Å². The summed E-state index contributed by atoms with van der Waals surface area (Å²) in [7, 11) is 0. The largest absolute Gasteiger partial charge is 0.488 e. The van der Waals surface area contributed by atoms with Gasteiger partial charge in [0.25, 0.3) is 5.91 Å². The van der Waals surface area contributed by atoms with Gasteiger partial charge < -0.3 is 15.0 Å². The molecule has 0 atom stereocenters. The number of piperidine rings is 1. The molecule has 28 heavy (non-hydrogen) atoms. The number of rotatable bonds is 4. The number of carbonyl (C=O) groups excluding carboxylic acids is 1. The second kappa shape index (κ2) is 8.93. The van der Waals surface area contributed by atoms with Gasteiger partial charge >= 0.3 is 0 Å². The van der Waals surface area contributed by atoms with Crippen molar-refractivity contribution in [1.29, 1.82) is 0 Å². The van der Waals surface area contributed by atoms with E-state index in [1.807, 2.05) is 29.2 Å². The number of hydrogen-bond acceptors (Lipinski definition) is 3. The average Bonchev–Trinajstić information content (AvgIpc) is 3.16. The van der Waals surface area contributed by atoms with Crippen LogP contribution in [0.4, 0.5) is 4.39 Å². The number of nitrogens with zero attached hydrogens (tertiary/aromatic N) is 1. The van der Waals surface area contributed by atoms with Gasteiger partial charge in [-0.1, -0.05) is 24.3 Å². The standard InChI is InChI=1S/C22H25FN2O2.ClH/c23-18-7-5-17(6-8-18)15-27-20-4-2-1-3-19(20)21(26)25-13-10-22(11-14-25)9-12-24-16-22;/h1-8,24H,9-16H2;1H. The third-order valence-electron chi connectivity index (χ3n) is 5.87. The molecule has 4 rings (SSSR count). The Morgan fingerprint density at radius 3 is 2.46 bits per heavy atom. The van der Waals surface area contributed by atoms with Gasteiger partial charge in [0.05, 0.1) is 5.56 Å². The number of carbonyl (C=O) groups is 1. The molecular formula is C22H26ClFN2O2. The molecule has 2 heterocycles. The highest BCUT2D eigenvalue weighted by Gasteiger charge is 2.38. The maximum atomic E-state index is 13.1. The predicted molar refractivity (Wildman–Crippen MR) is 109 cm³/mol. The lowest BCUT2D eigenvalue weighted by Crippen LogP contribution is -2.44. The predicted octanol–water partition coefficient (Wildman–Crippen LogP) is 4.04. The first-order chi connectivity index (χ1) is 13.2. The second-order valence-electron chi connectivity index (χ2n) is 7.63. The summed E-state index contributed by atoms with van der Waals surface area (Å²) in [4.78, 5) is 15.0. The molecule has 2 fully saturated rings. The van der Waals surface area contributed by atoms with Crippen molar-refractivity contribution in [3.05, 3.63) is 65.5 Å². The third kappa shape index (κ3) is 4.47. The SMILES string of the molecule is Cl.O=C(c1ccccc1OCc1ccc(F)cc1)N1CCC2(CCNC2)CC1. The molecule has 6 heteroatoms. The highest BCUT2D eigenvalue weighted by atomic mass is 35.5. The molecule has 1 N–H and O–H groups in total. The topological polar surface area (TPSA) is 41.6 Å². The summed E-state index contributed by atoms with van der Waals surface area (Å²) in [6.07, 6.45) is 3.33. The molecular weight excluding hydrogens is 379 g/mol. The quantitative estimate of drug-likeness (QED) is 0.836. The van der Waals surface area contributed by atoms with Crippen molar-refractivity contribution < 1.29 is 13.9 Å². The minimum Gasteiger partial charge on any atom is -0.488 e. The first-order valence-corrected chi connectivity index (χ1v) is 9.62. The summed E-state index contributed by atoms with van der Waals surface area (Å²) in [5.41, 5.74) is 1.85. The minimum atomic E-state index is -0.269. The van der Waals surface area contributed by atoms with Crippen molar-refractivity contribution in [2.45, 2.75) is 25.9 Å². The maximum absolute atomic E-state index is 13.1. The molecule has 1 spiro atoms. The molecule has 0 aromatic heterocycles. The first-order valence-electron chi connectivity index (χ1n) is 9.62. The summed E-state index contributed by atoms with van der Waals surface area (Å²) in [6, 6.07) is 13.6. The van der Waals surface area contributed by atoms with Crippen LogP contribution in [0.25, 0.3) is 0 Å². The van der Waals surface area contributed by atoms with Gasteiger partial charge in [-0.15, -0.1) is 12.4 Å². The van der Waals surface area contributed by atoms with Gasteiger partial charge in [-0.25, -0.2) is 4.39 Å². The van der Waals surface area contributed by atoms with Gasteiger partial charge in [0.2, 0.25) is 0 Å². The van der Waals surface area contributed by atoms with Crippen LogP contribution in [0.15, 0.2) is 48.5 Å². The minimum absolute atomic E-state index is 0. The van der Waals surface area contributed by atoms with Crippen molar-refractivity contribution in [3.63, 3.8) is 0 Å². The molecule has 2 aliphatic heterocycles. The lowest BCUT2D eigenvalue weighted by molar-refractivity contribution is 0.0603. The fourth-order valence-corrected chi connectivity index (χ4v) is 4.09. The summed E-state index contributed by atoms with van der Waals surface area (Å²) in [5.74, 6) is 0.342. The molecule has 0 unspecified atom stereocenters. The molecule has 2 aromatic carbocycles. The second-order valence-corrected chi connectivity index (χ2v) is 7.63. The van der Waals surface area contributed by atoms with E-state index in [0.29, 0.717) is 23.3 Å². The number of halogens is 2. The normalized spacial score (nSPS) is 18.0. The number of para-hydroxylation sites is 1. The van der Waals surface area contributed by atoms with Crippen LogP contribution in [-0.2, 0) is 6.61 Å². The van der Waals surface area contributed by atoms with Crippen molar-refractivity contribution in [2.75, 3.05) is 26.2 Å². The number of likely N-dealkylation sites (tertiary alicyclic amines) is 1. The zero-order valence-electron chi connectivity index (χ0n) is 15.8.